The van der Waals surface area contributed by atoms with Gasteiger partial charge >= 0.3 is 0 Å². The van der Waals surface area contributed by atoms with E-state index < -0.39 is 0 Å². The van der Waals surface area contributed by atoms with Gasteiger partial charge in [-0.25, -0.2) is 0 Å². The van der Waals surface area contributed by atoms with E-state index in [0.29, 0.717) is 11.4 Å². The molecule has 0 rings (SSSR count). The monoisotopic (exact) mass is 334 g/mol. The van der Waals surface area contributed by atoms with Gasteiger partial charge in [0.2, 0.25) is 0 Å². The molecule has 15 heavy (non-hydrogen) atoms. The Hall–Kier alpha value is -0.350. The molecule has 4 heteroatoms. The number of hydrogen-bond donors (Lipinski definition) is 2. The summed E-state index contributed by atoms with van der Waals surface area (Å²) in [6.07, 6.45) is 1.87. The predicted octanol–water partition coefficient (Wildman–Crippen LogP) is 4.23. The van der Waals surface area contributed by atoms with Crippen LogP contribution in [0.25, 0.3) is 0 Å². The highest BCUT2D eigenvalue weighted by molar-refractivity contribution is 9.12. The molecule has 0 spiro atoms. The maximum absolute atomic E-state index is 7.87. The molecule has 0 bridgehead atoms. The number of hydrogen-bond acceptors (Lipinski definition) is 2. The number of halogens is 2. The van der Waals surface area contributed by atoms with E-state index in [2.05, 4.69) is 31.9 Å². The van der Waals surface area contributed by atoms with Gasteiger partial charge < -0.3 is 5.73 Å². The Morgan fingerprint density at radius 2 is 1.60 bits per heavy atom. The van der Waals surface area contributed by atoms with E-state index in [-0.39, 0.29) is 0 Å². The summed E-state index contributed by atoms with van der Waals surface area (Å²) < 4.78 is 1.69. The van der Waals surface area contributed by atoms with Crippen LogP contribution in [0, 0.1) is 5.41 Å². The van der Waals surface area contributed by atoms with Gasteiger partial charge in [0.1, 0.15) is 0 Å². The highest BCUT2D eigenvalue weighted by Crippen LogP contribution is 2.21. The van der Waals surface area contributed by atoms with Crippen molar-refractivity contribution in [3.8, 4) is 0 Å². The number of rotatable bonds is 3. The van der Waals surface area contributed by atoms with Crippen LogP contribution < -0.4 is 5.73 Å². The van der Waals surface area contributed by atoms with Crippen LogP contribution in [-0.4, -0.2) is 5.71 Å². The zero-order valence-corrected chi connectivity index (χ0v) is 12.6. The van der Waals surface area contributed by atoms with Crippen molar-refractivity contribution in [1.82, 2.24) is 0 Å². The summed E-state index contributed by atoms with van der Waals surface area (Å²) in [6.45, 7) is 7.63. The molecule has 0 aromatic carbocycles. The van der Waals surface area contributed by atoms with Crippen LogP contribution in [0.4, 0.5) is 0 Å². The first-order valence-corrected chi connectivity index (χ1v) is 6.08. The van der Waals surface area contributed by atoms with Crippen molar-refractivity contribution < 1.29 is 0 Å². The minimum atomic E-state index is 0.410. The lowest BCUT2D eigenvalue weighted by molar-refractivity contribution is 1.25. The molecule has 0 unspecified atom stereocenters. The van der Waals surface area contributed by atoms with E-state index >= 15 is 0 Å². The molecule has 0 aliphatic carbocycles. The fourth-order valence-corrected chi connectivity index (χ4v) is 1.77. The minimum Gasteiger partial charge on any atom is -0.402 e. The predicted molar refractivity (Wildman–Crippen MR) is 74.6 cm³/mol. The fourth-order valence-electron chi connectivity index (χ4n) is 0.704. The maximum Gasteiger partial charge on any atom is 0.0728 e. The van der Waals surface area contributed by atoms with Gasteiger partial charge in [0, 0.05) is 14.7 Å². The molecule has 0 saturated heterocycles. The maximum atomic E-state index is 7.87. The molecule has 0 atom stereocenters. The Morgan fingerprint density at radius 3 is 1.93 bits per heavy atom. The van der Waals surface area contributed by atoms with Crippen LogP contribution in [-0.2, 0) is 0 Å². The molecular formula is C11H16Br2N2. The molecule has 84 valence electrons. The van der Waals surface area contributed by atoms with Gasteiger partial charge in [0.05, 0.1) is 5.71 Å². The first-order valence-electron chi connectivity index (χ1n) is 4.49. The van der Waals surface area contributed by atoms with Gasteiger partial charge in [-0.1, -0.05) is 21.5 Å². The Bertz CT molecular complexity index is 355. The standard InChI is InChI=1S/C11H16Br2N2/c1-6(2)9(12)5-10(13)11(15)7(3)8(4)14/h5,15H,14H2,1-4H3/b8-7?,10-5+,15-11?. The van der Waals surface area contributed by atoms with Crippen molar-refractivity contribution in [2.45, 2.75) is 27.7 Å². The second kappa shape index (κ2) is 6.28. The van der Waals surface area contributed by atoms with Crippen LogP contribution in [0.1, 0.15) is 27.7 Å². The van der Waals surface area contributed by atoms with E-state index in [0.717, 1.165) is 20.1 Å². The van der Waals surface area contributed by atoms with Gasteiger partial charge in [-0.2, -0.15) is 0 Å². The topological polar surface area (TPSA) is 49.9 Å². The summed E-state index contributed by atoms with van der Waals surface area (Å²) in [4.78, 5) is 0. The summed E-state index contributed by atoms with van der Waals surface area (Å²) >= 11 is 6.79. The fraction of sp³-hybridized carbons (Fsp3) is 0.364. The largest absolute Gasteiger partial charge is 0.402 e. The van der Waals surface area contributed by atoms with Gasteiger partial charge in [0.15, 0.2) is 0 Å². The lowest BCUT2D eigenvalue weighted by atomic mass is 10.1. The second-order valence-electron chi connectivity index (χ2n) is 3.52. The Morgan fingerprint density at radius 1 is 1.13 bits per heavy atom. The molecule has 0 fully saturated rings. The van der Waals surface area contributed by atoms with Gasteiger partial charge in [-0.15, -0.1) is 0 Å². The quantitative estimate of drug-likeness (QED) is 0.588. The Labute approximate surface area is 108 Å². The molecule has 0 saturated carbocycles. The van der Waals surface area contributed by atoms with E-state index in [4.69, 9.17) is 11.1 Å². The van der Waals surface area contributed by atoms with Crippen LogP contribution >= 0.6 is 31.9 Å². The molecule has 0 aliphatic heterocycles. The Kier molecular flexibility index (Phi) is 6.13. The number of nitrogens with one attached hydrogen (secondary N) is 1. The van der Waals surface area contributed by atoms with Crippen molar-refractivity contribution >= 4 is 37.6 Å². The molecule has 0 heterocycles. The zero-order chi connectivity index (χ0) is 12.2. The van der Waals surface area contributed by atoms with Crippen LogP contribution in [0.3, 0.4) is 0 Å². The SMILES string of the molecule is CC(C)=C(Br)/C=C(/Br)C(=N)C(C)=C(C)N. The third-order valence-corrected chi connectivity index (χ3v) is 3.58. The summed E-state index contributed by atoms with van der Waals surface area (Å²) in [5, 5.41) is 7.87. The van der Waals surface area contributed by atoms with Gasteiger partial charge in [-0.3, -0.25) is 5.41 Å². The molecule has 0 radical (unpaired) electrons. The lowest BCUT2D eigenvalue weighted by Gasteiger charge is -2.05. The second-order valence-corrected chi connectivity index (χ2v) is 5.23. The summed E-state index contributed by atoms with van der Waals surface area (Å²) in [5.41, 5.74) is 8.65. The van der Waals surface area contributed by atoms with E-state index in [9.17, 15) is 0 Å². The first-order chi connectivity index (χ1) is 6.77. The number of nitrogens with two attached hydrogens (primary N) is 1. The molecule has 2 nitrogen and oxygen atoms in total. The normalized spacial score (nSPS) is 13.3. The zero-order valence-electron chi connectivity index (χ0n) is 9.41. The average molecular weight is 336 g/mol. The summed E-state index contributed by atoms with van der Waals surface area (Å²) in [6, 6.07) is 0. The van der Waals surface area contributed by atoms with Crippen molar-refractivity contribution in [2.24, 2.45) is 5.73 Å². The minimum absolute atomic E-state index is 0.410. The molecular weight excluding hydrogens is 320 g/mol. The summed E-state index contributed by atoms with van der Waals surface area (Å²) in [7, 11) is 0. The van der Waals surface area contributed by atoms with Gasteiger partial charge in [0.25, 0.3) is 0 Å². The third kappa shape index (κ3) is 4.80. The highest BCUT2D eigenvalue weighted by Gasteiger charge is 2.06. The van der Waals surface area contributed by atoms with Crippen molar-refractivity contribution in [3.05, 3.63) is 31.9 Å². The van der Waals surface area contributed by atoms with Gasteiger partial charge in [-0.05, 0) is 55.3 Å². The molecule has 0 amide bonds. The van der Waals surface area contributed by atoms with Crippen LogP contribution in [0.2, 0.25) is 0 Å². The number of allylic oxidation sites excluding steroid dienone is 6. The van der Waals surface area contributed by atoms with Crippen LogP contribution in [0.5, 0.6) is 0 Å². The van der Waals surface area contributed by atoms with Crippen LogP contribution in [0.15, 0.2) is 31.9 Å². The smallest absolute Gasteiger partial charge is 0.0728 e. The molecule has 0 aromatic heterocycles. The highest BCUT2D eigenvalue weighted by atomic mass is 79.9. The molecule has 3 N–H and O–H groups in total. The van der Waals surface area contributed by atoms with Crippen molar-refractivity contribution in [1.29, 1.82) is 5.41 Å². The summed E-state index contributed by atoms with van der Waals surface area (Å²) in [5.74, 6) is 0. The Balaban J connectivity index is 5.07. The van der Waals surface area contributed by atoms with E-state index in [1.807, 2.05) is 26.8 Å². The van der Waals surface area contributed by atoms with Crippen molar-refractivity contribution in [2.75, 3.05) is 0 Å². The first kappa shape index (κ1) is 14.6. The lowest BCUT2D eigenvalue weighted by Crippen LogP contribution is -2.05. The van der Waals surface area contributed by atoms with E-state index in [1.165, 1.54) is 0 Å². The third-order valence-electron chi connectivity index (χ3n) is 1.94. The van der Waals surface area contributed by atoms with Crippen molar-refractivity contribution in [3.63, 3.8) is 0 Å². The van der Waals surface area contributed by atoms with E-state index in [1.54, 1.807) is 6.92 Å². The molecule has 0 aromatic rings. The molecule has 0 aliphatic rings. The average Bonchev–Trinajstić information content (AvgIpc) is 2.14.